The minimum absolute atomic E-state index is 0.118. The number of rotatable bonds is 10. The van der Waals surface area contributed by atoms with Crippen LogP contribution in [0.25, 0.3) is 0 Å². The SMILES string of the molecule is C=CCn1c(SCC(=O)c2cc(C)n(CCOC)c2C)nnc1C1CC1. The van der Waals surface area contributed by atoms with Gasteiger partial charge in [-0.15, -0.1) is 16.8 Å². The van der Waals surface area contributed by atoms with Gasteiger partial charge in [-0.05, 0) is 32.8 Å². The van der Waals surface area contributed by atoms with Gasteiger partial charge in [0.15, 0.2) is 10.9 Å². The average Bonchev–Trinajstić information content (AvgIpc) is 3.33. The number of carbonyl (C=O) groups is 1. The Bertz CT molecular complexity index is 805. The first-order valence-corrected chi connectivity index (χ1v) is 9.91. The zero-order chi connectivity index (χ0) is 18.7. The highest BCUT2D eigenvalue weighted by Crippen LogP contribution is 2.40. The van der Waals surface area contributed by atoms with Crippen molar-refractivity contribution in [1.29, 1.82) is 0 Å². The fraction of sp³-hybridized carbons (Fsp3) is 0.526. The van der Waals surface area contributed by atoms with Crippen LogP contribution in [0.4, 0.5) is 0 Å². The molecule has 1 saturated carbocycles. The van der Waals surface area contributed by atoms with Gasteiger partial charge in [-0.25, -0.2) is 0 Å². The molecule has 1 fully saturated rings. The van der Waals surface area contributed by atoms with E-state index in [9.17, 15) is 4.79 Å². The largest absolute Gasteiger partial charge is 0.383 e. The van der Waals surface area contributed by atoms with Gasteiger partial charge in [-0.3, -0.25) is 4.79 Å². The van der Waals surface area contributed by atoms with Crippen molar-refractivity contribution in [2.75, 3.05) is 19.5 Å². The van der Waals surface area contributed by atoms with Crippen LogP contribution >= 0.6 is 11.8 Å². The van der Waals surface area contributed by atoms with Crippen molar-refractivity contribution in [1.82, 2.24) is 19.3 Å². The molecule has 0 spiro atoms. The standard InChI is InChI=1S/C19H26N4O2S/c1-5-8-23-18(15-6-7-15)20-21-19(23)26-12-17(24)16-11-13(2)22(14(16)3)9-10-25-4/h5,11,15H,1,6-10,12H2,2-4H3. The minimum Gasteiger partial charge on any atom is -0.383 e. The third-order valence-electron chi connectivity index (χ3n) is 4.73. The molecule has 2 heterocycles. The molecule has 3 rings (SSSR count). The summed E-state index contributed by atoms with van der Waals surface area (Å²) in [5.74, 6) is 2.02. The van der Waals surface area contributed by atoms with Crippen molar-refractivity contribution in [3.8, 4) is 0 Å². The molecule has 2 aromatic rings. The maximum atomic E-state index is 12.8. The number of aryl methyl sites for hydroxylation is 1. The molecule has 2 aromatic heterocycles. The van der Waals surface area contributed by atoms with Gasteiger partial charge in [0, 0.05) is 43.1 Å². The van der Waals surface area contributed by atoms with Crippen molar-refractivity contribution in [2.24, 2.45) is 0 Å². The van der Waals surface area contributed by atoms with Crippen LogP contribution in [-0.2, 0) is 17.8 Å². The zero-order valence-electron chi connectivity index (χ0n) is 15.7. The van der Waals surface area contributed by atoms with E-state index < -0.39 is 0 Å². The molecule has 0 aliphatic heterocycles. The van der Waals surface area contributed by atoms with E-state index >= 15 is 0 Å². The van der Waals surface area contributed by atoms with Crippen molar-refractivity contribution < 1.29 is 9.53 Å². The Hall–Kier alpha value is -1.86. The first-order valence-electron chi connectivity index (χ1n) is 8.92. The summed E-state index contributed by atoms with van der Waals surface area (Å²) < 4.78 is 9.38. The molecule has 0 aromatic carbocycles. The predicted molar refractivity (Wildman–Crippen MR) is 103 cm³/mol. The summed E-state index contributed by atoms with van der Waals surface area (Å²) in [5.41, 5.74) is 2.86. The van der Waals surface area contributed by atoms with Gasteiger partial charge in [-0.2, -0.15) is 0 Å². The highest BCUT2D eigenvalue weighted by molar-refractivity contribution is 7.99. The second-order valence-corrected chi connectivity index (χ2v) is 7.60. The van der Waals surface area contributed by atoms with E-state index in [-0.39, 0.29) is 5.78 Å². The van der Waals surface area contributed by atoms with Crippen LogP contribution in [0.5, 0.6) is 0 Å². The topological polar surface area (TPSA) is 61.9 Å². The van der Waals surface area contributed by atoms with Gasteiger partial charge < -0.3 is 13.9 Å². The van der Waals surface area contributed by atoms with Crippen LogP contribution in [0.2, 0.25) is 0 Å². The van der Waals surface area contributed by atoms with Crippen LogP contribution in [-0.4, -0.2) is 44.6 Å². The van der Waals surface area contributed by atoms with E-state index in [0.29, 0.717) is 24.8 Å². The number of allylic oxidation sites excluding steroid dienone is 1. The lowest BCUT2D eigenvalue weighted by atomic mass is 10.2. The molecule has 0 unspecified atom stereocenters. The monoisotopic (exact) mass is 374 g/mol. The third-order valence-corrected chi connectivity index (χ3v) is 5.69. The number of methoxy groups -OCH3 is 1. The first kappa shape index (κ1) is 18.9. The van der Waals surface area contributed by atoms with E-state index in [1.54, 1.807) is 7.11 Å². The van der Waals surface area contributed by atoms with E-state index in [1.807, 2.05) is 26.0 Å². The molecule has 0 amide bonds. The maximum absolute atomic E-state index is 12.8. The Morgan fingerprint density at radius 1 is 1.38 bits per heavy atom. The molecule has 0 bridgehead atoms. The number of hydrogen-bond acceptors (Lipinski definition) is 5. The molecule has 0 N–H and O–H groups in total. The molecule has 1 aliphatic carbocycles. The molecule has 0 atom stereocenters. The fourth-order valence-corrected chi connectivity index (χ4v) is 4.01. The quantitative estimate of drug-likeness (QED) is 0.362. The highest BCUT2D eigenvalue weighted by atomic mass is 32.2. The van der Waals surface area contributed by atoms with Crippen molar-refractivity contribution in [2.45, 2.75) is 50.9 Å². The van der Waals surface area contributed by atoms with Crippen molar-refractivity contribution in [3.63, 3.8) is 0 Å². The number of carbonyl (C=O) groups excluding carboxylic acids is 1. The van der Waals surface area contributed by atoms with Crippen LogP contribution in [0.15, 0.2) is 23.9 Å². The van der Waals surface area contributed by atoms with Gasteiger partial charge in [-0.1, -0.05) is 17.8 Å². The van der Waals surface area contributed by atoms with Crippen LogP contribution in [0.3, 0.4) is 0 Å². The van der Waals surface area contributed by atoms with Crippen molar-refractivity contribution >= 4 is 17.5 Å². The number of ketones is 1. The van der Waals surface area contributed by atoms with Crippen LogP contribution in [0.1, 0.15) is 46.3 Å². The second kappa shape index (κ2) is 8.22. The predicted octanol–water partition coefficient (Wildman–Crippen LogP) is 3.38. The Labute approximate surface area is 158 Å². The summed E-state index contributed by atoms with van der Waals surface area (Å²) in [6, 6.07) is 1.97. The molecule has 1 aliphatic rings. The lowest BCUT2D eigenvalue weighted by Gasteiger charge is -2.09. The Morgan fingerprint density at radius 3 is 2.81 bits per heavy atom. The van der Waals surface area contributed by atoms with E-state index in [1.165, 1.54) is 24.6 Å². The van der Waals surface area contributed by atoms with E-state index in [0.717, 1.165) is 34.5 Å². The summed E-state index contributed by atoms with van der Waals surface area (Å²) in [6.45, 7) is 9.91. The molecule has 140 valence electrons. The minimum atomic E-state index is 0.118. The molecule has 26 heavy (non-hydrogen) atoms. The third kappa shape index (κ3) is 3.94. The number of Topliss-reactive ketones (excluding diaryl/α,β-unsaturated/α-hetero) is 1. The Balaban J connectivity index is 1.70. The van der Waals surface area contributed by atoms with E-state index in [4.69, 9.17) is 4.74 Å². The van der Waals surface area contributed by atoms with Gasteiger partial charge >= 0.3 is 0 Å². The molecule has 6 nitrogen and oxygen atoms in total. The van der Waals surface area contributed by atoms with Crippen LogP contribution in [0, 0.1) is 13.8 Å². The Kier molecular flexibility index (Phi) is 5.98. The molecular formula is C19H26N4O2S. The summed E-state index contributed by atoms with van der Waals surface area (Å²) in [5, 5.41) is 9.43. The summed E-state index contributed by atoms with van der Waals surface area (Å²) >= 11 is 1.46. The summed E-state index contributed by atoms with van der Waals surface area (Å²) in [7, 11) is 1.69. The lowest BCUT2D eigenvalue weighted by molar-refractivity contribution is 0.102. The molecule has 0 radical (unpaired) electrons. The van der Waals surface area contributed by atoms with Crippen LogP contribution < -0.4 is 0 Å². The smallest absolute Gasteiger partial charge is 0.191 e. The average molecular weight is 375 g/mol. The number of aromatic nitrogens is 4. The number of thioether (sulfide) groups is 1. The molecule has 7 heteroatoms. The number of nitrogens with zero attached hydrogens (tertiary/aromatic N) is 4. The summed E-state index contributed by atoms with van der Waals surface area (Å²) in [6.07, 6.45) is 4.20. The van der Waals surface area contributed by atoms with Gasteiger partial charge in [0.25, 0.3) is 0 Å². The highest BCUT2D eigenvalue weighted by Gasteiger charge is 2.30. The first-order chi connectivity index (χ1) is 12.6. The van der Waals surface area contributed by atoms with Gasteiger partial charge in [0.1, 0.15) is 5.82 Å². The fourth-order valence-electron chi connectivity index (χ4n) is 3.17. The van der Waals surface area contributed by atoms with E-state index in [2.05, 4.69) is 25.9 Å². The summed E-state index contributed by atoms with van der Waals surface area (Å²) in [4.78, 5) is 12.8. The number of ether oxygens (including phenoxy) is 1. The maximum Gasteiger partial charge on any atom is 0.191 e. The molecular weight excluding hydrogens is 348 g/mol. The van der Waals surface area contributed by atoms with Gasteiger partial charge in [0.2, 0.25) is 0 Å². The lowest BCUT2D eigenvalue weighted by Crippen LogP contribution is -2.10. The van der Waals surface area contributed by atoms with Gasteiger partial charge in [0.05, 0.1) is 12.4 Å². The van der Waals surface area contributed by atoms with Crippen molar-refractivity contribution in [3.05, 3.63) is 41.5 Å². The zero-order valence-corrected chi connectivity index (χ0v) is 16.5. The normalized spacial score (nSPS) is 14.0. The number of hydrogen-bond donors (Lipinski definition) is 0. The Morgan fingerprint density at radius 2 is 2.15 bits per heavy atom. The second-order valence-electron chi connectivity index (χ2n) is 6.66. The molecule has 0 saturated heterocycles.